The molecule has 0 aromatic heterocycles. The van der Waals surface area contributed by atoms with Gasteiger partial charge in [-0.3, -0.25) is 0 Å². The summed E-state index contributed by atoms with van der Waals surface area (Å²) >= 11 is -0.00916. The van der Waals surface area contributed by atoms with Gasteiger partial charge in [0.2, 0.25) is 0 Å². The van der Waals surface area contributed by atoms with Crippen LogP contribution in [0.2, 0.25) is 5.76 Å². The topological polar surface area (TPSA) is 15.6 Å². The van der Waals surface area contributed by atoms with Crippen LogP contribution in [0, 0.1) is 0 Å². The molecule has 0 saturated carbocycles. The van der Waals surface area contributed by atoms with Crippen molar-refractivity contribution < 1.29 is 0 Å². The van der Waals surface area contributed by atoms with Crippen LogP contribution in [0.4, 0.5) is 0 Å². The van der Waals surface area contributed by atoms with E-state index in [9.17, 15) is 0 Å². The van der Waals surface area contributed by atoms with Crippen LogP contribution in [0.25, 0.3) is 0 Å². The number of aliphatic imine (C=N–C) groups is 1. The Bertz CT molecular complexity index is 242. The van der Waals surface area contributed by atoms with Crippen molar-refractivity contribution in [2.24, 2.45) is 4.99 Å². The normalized spacial score (nSPS) is 13.9. The van der Waals surface area contributed by atoms with Crippen LogP contribution >= 0.6 is 0 Å². The first-order valence-electron chi connectivity index (χ1n) is 5.57. The van der Waals surface area contributed by atoms with Gasteiger partial charge in [-0.25, -0.2) is 0 Å². The summed E-state index contributed by atoms with van der Waals surface area (Å²) < 4.78 is 2.50. The van der Waals surface area contributed by atoms with E-state index in [-0.39, 0.29) is 15.7 Å². The van der Waals surface area contributed by atoms with E-state index in [0.29, 0.717) is 12.1 Å². The van der Waals surface area contributed by atoms with Gasteiger partial charge in [-0.2, -0.15) is 0 Å². The first kappa shape index (κ1) is 14.8. The maximum absolute atomic E-state index is 4.52. The molecule has 86 valence electrons. The van der Waals surface area contributed by atoms with Gasteiger partial charge in [-0.1, -0.05) is 0 Å². The molecule has 0 fully saturated rings. The Kier molecular flexibility index (Phi) is 6.98. The van der Waals surface area contributed by atoms with Crippen molar-refractivity contribution in [1.29, 1.82) is 0 Å². The second-order valence-electron chi connectivity index (χ2n) is 4.34. The van der Waals surface area contributed by atoms with Crippen molar-refractivity contribution in [3.8, 4) is 0 Å². The average Bonchev–Trinajstić information content (AvgIpc) is 2.01. The van der Waals surface area contributed by atoms with Gasteiger partial charge >= 0.3 is 101 Å². The van der Waals surface area contributed by atoms with E-state index in [0.717, 1.165) is 5.71 Å². The molecule has 3 heteroatoms. The standard InChI is InChI=1S/C12H24GeN2/c1-9(2)14-11(5)8-12(6)15(13-7)10(3)4/h8-10H,1-7H3/b12-8-,14-11?. The zero-order valence-electron chi connectivity index (χ0n) is 11.1. The molecule has 0 aromatic rings. The average molecular weight is 269 g/mol. The van der Waals surface area contributed by atoms with Crippen LogP contribution in [-0.2, 0) is 0 Å². The Hall–Kier alpha value is -0.247. The van der Waals surface area contributed by atoms with E-state index in [2.05, 4.69) is 62.2 Å². The third kappa shape index (κ3) is 6.03. The molecule has 0 unspecified atom stereocenters. The monoisotopic (exact) mass is 270 g/mol. The molecule has 0 bridgehead atoms. The Morgan fingerprint density at radius 1 is 1.20 bits per heavy atom. The first-order valence-corrected chi connectivity index (χ1v) is 8.61. The molecule has 0 spiro atoms. The van der Waals surface area contributed by atoms with Gasteiger partial charge in [0.1, 0.15) is 0 Å². The van der Waals surface area contributed by atoms with Crippen LogP contribution in [0.3, 0.4) is 0 Å². The van der Waals surface area contributed by atoms with Gasteiger partial charge in [0, 0.05) is 0 Å². The fourth-order valence-corrected chi connectivity index (χ4v) is 3.62. The molecule has 0 aliphatic rings. The van der Waals surface area contributed by atoms with E-state index in [1.54, 1.807) is 0 Å². The number of hydrogen-bond donors (Lipinski definition) is 0. The number of hydrogen-bond acceptors (Lipinski definition) is 2. The molecule has 0 atom stereocenters. The molecule has 0 saturated heterocycles. The summed E-state index contributed by atoms with van der Waals surface area (Å²) in [5, 5.41) is 0. The van der Waals surface area contributed by atoms with E-state index >= 15 is 0 Å². The Balaban J connectivity index is 4.66. The third-order valence-corrected chi connectivity index (χ3v) is 4.85. The summed E-state index contributed by atoms with van der Waals surface area (Å²) in [5.41, 5.74) is 2.49. The molecule has 0 N–H and O–H groups in total. The van der Waals surface area contributed by atoms with Crippen molar-refractivity contribution in [1.82, 2.24) is 3.86 Å². The summed E-state index contributed by atoms with van der Waals surface area (Å²) in [4.78, 5) is 4.52. The number of allylic oxidation sites excluding steroid dienone is 2. The maximum atomic E-state index is 4.52. The van der Waals surface area contributed by atoms with Gasteiger partial charge in [0.15, 0.2) is 0 Å². The first-order chi connectivity index (χ1) is 6.88. The van der Waals surface area contributed by atoms with Crippen molar-refractivity contribution >= 4 is 21.4 Å². The predicted octanol–water partition coefficient (Wildman–Crippen LogP) is 3.14. The molecule has 0 aliphatic carbocycles. The van der Waals surface area contributed by atoms with Gasteiger partial charge in [0.05, 0.1) is 0 Å². The second kappa shape index (κ2) is 7.10. The summed E-state index contributed by atoms with van der Waals surface area (Å²) in [5.74, 6) is 2.31. The Morgan fingerprint density at radius 2 is 1.73 bits per heavy atom. The second-order valence-corrected chi connectivity index (χ2v) is 6.29. The summed E-state index contributed by atoms with van der Waals surface area (Å²) in [6.45, 7) is 13.0. The fourth-order valence-electron chi connectivity index (χ4n) is 1.66. The van der Waals surface area contributed by atoms with Crippen LogP contribution in [-0.4, -0.2) is 37.3 Å². The van der Waals surface area contributed by atoms with Gasteiger partial charge in [0.25, 0.3) is 0 Å². The van der Waals surface area contributed by atoms with Crippen LogP contribution in [0.15, 0.2) is 16.8 Å². The Labute approximate surface area is 102 Å². The summed E-state index contributed by atoms with van der Waals surface area (Å²) in [7, 11) is 0. The van der Waals surface area contributed by atoms with Gasteiger partial charge in [-0.15, -0.1) is 0 Å². The van der Waals surface area contributed by atoms with E-state index in [4.69, 9.17) is 0 Å². The fraction of sp³-hybridized carbons (Fsp3) is 0.750. The third-order valence-electron chi connectivity index (χ3n) is 2.02. The molecule has 0 rings (SSSR count). The minimum absolute atomic E-state index is 0.00916. The Morgan fingerprint density at radius 3 is 2.07 bits per heavy atom. The number of nitrogens with zero attached hydrogens (tertiary/aromatic N) is 2. The summed E-state index contributed by atoms with van der Waals surface area (Å²) in [6.07, 6.45) is 2.20. The van der Waals surface area contributed by atoms with Crippen LogP contribution < -0.4 is 0 Å². The molecule has 0 amide bonds. The molecule has 15 heavy (non-hydrogen) atoms. The molecular weight excluding hydrogens is 245 g/mol. The van der Waals surface area contributed by atoms with Gasteiger partial charge in [-0.05, 0) is 0 Å². The van der Waals surface area contributed by atoms with Crippen molar-refractivity contribution in [2.75, 3.05) is 0 Å². The SMILES string of the molecule is [CH3][Ge][N](/C(C)=C\C(C)=NC(C)C)C(C)C. The summed E-state index contributed by atoms with van der Waals surface area (Å²) in [6, 6.07) is 0.997. The van der Waals surface area contributed by atoms with Gasteiger partial charge < -0.3 is 0 Å². The molecule has 0 aliphatic heterocycles. The molecule has 2 nitrogen and oxygen atoms in total. The van der Waals surface area contributed by atoms with Crippen molar-refractivity contribution in [3.05, 3.63) is 11.8 Å². The molecule has 0 heterocycles. The number of rotatable bonds is 5. The molecule has 0 aromatic carbocycles. The minimum atomic E-state index is -0.00916. The van der Waals surface area contributed by atoms with Crippen molar-refractivity contribution in [3.63, 3.8) is 0 Å². The zero-order chi connectivity index (χ0) is 12.0. The molecular formula is C12H24GeN2. The quantitative estimate of drug-likeness (QED) is 0.553. The van der Waals surface area contributed by atoms with Crippen LogP contribution in [0.5, 0.6) is 0 Å². The molecule has 2 radical (unpaired) electrons. The van der Waals surface area contributed by atoms with E-state index in [1.165, 1.54) is 5.70 Å². The van der Waals surface area contributed by atoms with E-state index < -0.39 is 0 Å². The van der Waals surface area contributed by atoms with Crippen molar-refractivity contribution in [2.45, 2.75) is 59.4 Å². The van der Waals surface area contributed by atoms with Crippen LogP contribution in [0.1, 0.15) is 41.5 Å². The zero-order valence-corrected chi connectivity index (χ0v) is 13.2. The van der Waals surface area contributed by atoms with E-state index in [1.807, 2.05) is 0 Å². The predicted molar refractivity (Wildman–Crippen MR) is 70.6 cm³/mol.